The summed E-state index contributed by atoms with van der Waals surface area (Å²) in [5, 5.41) is 15.4. The van der Waals surface area contributed by atoms with Crippen LogP contribution in [0.2, 0.25) is 0 Å². The first-order chi connectivity index (χ1) is 6.70. The number of hydrogen-bond acceptors (Lipinski definition) is 2. The molecule has 2 N–H and O–H groups in total. The third-order valence-corrected chi connectivity index (χ3v) is 2.13. The smallest absolute Gasteiger partial charge is 0.0579 e. The Morgan fingerprint density at radius 2 is 1.29 bits per heavy atom. The third kappa shape index (κ3) is 1.96. The summed E-state index contributed by atoms with van der Waals surface area (Å²) >= 11 is 0. The first kappa shape index (κ1) is 10.4. The molecule has 14 heavy (non-hydrogen) atoms. The Morgan fingerprint density at radius 3 is 1.57 bits per heavy atom. The van der Waals surface area contributed by atoms with E-state index in [9.17, 15) is 0 Å². The quantitative estimate of drug-likeness (QED) is 0.501. The molecule has 2 nitrogen and oxygen atoms in total. The molecule has 0 fully saturated rings. The van der Waals surface area contributed by atoms with Crippen LogP contribution in [-0.4, -0.2) is 11.4 Å². The van der Waals surface area contributed by atoms with E-state index in [0.717, 1.165) is 11.1 Å². The lowest BCUT2D eigenvalue weighted by molar-refractivity contribution is 1.19. The molecule has 1 rings (SSSR count). The first-order valence-electron chi connectivity index (χ1n) is 4.50. The normalized spacial score (nSPS) is 16.0. The van der Waals surface area contributed by atoms with Gasteiger partial charge in [0.15, 0.2) is 0 Å². The van der Waals surface area contributed by atoms with Crippen LogP contribution in [0.4, 0.5) is 0 Å². The SMILES string of the molecule is C=CCC1=C(CC=C)C(=N)C=CC1=N. The Bertz CT molecular complexity index is 323. The van der Waals surface area contributed by atoms with Crippen LogP contribution >= 0.6 is 0 Å². The standard InChI is InChI=1S/C12H14N2/c1-3-5-9-10(6-4-2)12(14)8-7-11(9)13/h3-4,7-8,13-14H,1-2,5-6H2. The molecule has 0 atom stereocenters. The fraction of sp³-hybridized carbons (Fsp3) is 0.167. The van der Waals surface area contributed by atoms with Gasteiger partial charge in [0.05, 0.1) is 11.4 Å². The van der Waals surface area contributed by atoms with Crippen molar-refractivity contribution in [3.63, 3.8) is 0 Å². The maximum atomic E-state index is 7.72. The molecule has 0 radical (unpaired) electrons. The van der Waals surface area contributed by atoms with Crippen molar-refractivity contribution in [3.05, 3.63) is 48.6 Å². The van der Waals surface area contributed by atoms with Crippen LogP contribution < -0.4 is 0 Å². The predicted octanol–water partition coefficient (Wildman–Crippen LogP) is 3.04. The zero-order valence-corrected chi connectivity index (χ0v) is 8.14. The van der Waals surface area contributed by atoms with Crippen LogP contribution in [0, 0.1) is 10.8 Å². The van der Waals surface area contributed by atoms with Gasteiger partial charge in [0, 0.05) is 0 Å². The van der Waals surface area contributed by atoms with Gasteiger partial charge in [0.25, 0.3) is 0 Å². The van der Waals surface area contributed by atoms with Crippen LogP contribution in [0.1, 0.15) is 12.8 Å². The first-order valence-corrected chi connectivity index (χ1v) is 4.50. The van der Waals surface area contributed by atoms with Crippen molar-refractivity contribution in [2.75, 3.05) is 0 Å². The zero-order chi connectivity index (χ0) is 10.6. The molecule has 1 aliphatic rings. The maximum Gasteiger partial charge on any atom is 0.0579 e. The molecule has 0 aromatic rings. The monoisotopic (exact) mass is 186 g/mol. The fourth-order valence-corrected chi connectivity index (χ4v) is 1.45. The topological polar surface area (TPSA) is 47.7 Å². The minimum absolute atomic E-state index is 0.484. The number of nitrogens with one attached hydrogen (secondary N) is 2. The zero-order valence-electron chi connectivity index (χ0n) is 8.14. The van der Waals surface area contributed by atoms with E-state index < -0.39 is 0 Å². The van der Waals surface area contributed by atoms with Crippen molar-refractivity contribution in [1.29, 1.82) is 10.8 Å². The van der Waals surface area contributed by atoms with Gasteiger partial charge in [-0.3, -0.25) is 0 Å². The van der Waals surface area contributed by atoms with Crippen molar-refractivity contribution in [2.24, 2.45) is 0 Å². The van der Waals surface area contributed by atoms with Crippen LogP contribution in [0.3, 0.4) is 0 Å². The number of rotatable bonds is 4. The average Bonchev–Trinajstić information content (AvgIpc) is 2.17. The Labute approximate surface area is 84.4 Å². The Hall–Kier alpha value is -1.70. The molecule has 0 aromatic heterocycles. The second-order valence-corrected chi connectivity index (χ2v) is 3.10. The summed E-state index contributed by atoms with van der Waals surface area (Å²) in [6, 6.07) is 0. The highest BCUT2D eigenvalue weighted by Gasteiger charge is 2.15. The maximum absolute atomic E-state index is 7.72. The third-order valence-electron chi connectivity index (χ3n) is 2.13. The summed E-state index contributed by atoms with van der Waals surface area (Å²) in [5.41, 5.74) is 2.76. The van der Waals surface area contributed by atoms with E-state index in [4.69, 9.17) is 10.8 Å². The highest BCUT2D eigenvalue weighted by atomic mass is 14.5. The van der Waals surface area contributed by atoms with Crippen molar-refractivity contribution >= 4 is 11.4 Å². The van der Waals surface area contributed by atoms with Crippen molar-refractivity contribution in [3.8, 4) is 0 Å². The molecular formula is C12H14N2. The van der Waals surface area contributed by atoms with Crippen LogP contribution in [-0.2, 0) is 0 Å². The predicted molar refractivity (Wildman–Crippen MR) is 61.2 cm³/mol. The summed E-state index contributed by atoms with van der Waals surface area (Å²) < 4.78 is 0. The van der Waals surface area contributed by atoms with Crippen molar-refractivity contribution < 1.29 is 0 Å². The Morgan fingerprint density at radius 1 is 0.929 bits per heavy atom. The van der Waals surface area contributed by atoms with Gasteiger partial charge in [-0.15, -0.1) is 13.2 Å². The van der Waals surface area contributed by atoms with Gasteiger partial charge in [0.2, 0.25) is 0 Å². The Kier molecular flexibility index (Phi) is 3.35. The summed E-state index contributed by atoms with van der Waals surface area (Å²) in [5.74, 6) is 0. The molecule has 2 heteroatoms. The van der Waals surface area contributed by atoms with Gasteiger partial charge in [-0.05, 0) is 36.1 Å². The minimum atomic E-state index is 0.484. The van der Waals surface area contributed by atoms with Gasteiger partial charge in [-0.1, -0.05) is 12.2 Å². The average molecular weight is 186 g/mol. The summed E-state index contributed by atoms with van der Waals surface area (Å²) in [7, 11) is 0. The molecule has 0 spiro atoms. The van der Waals surface area contributed by atoms with Gasteiger partial charge in [0.1, 0.15) is 0 Å². The van der Waals surface area contributed by atoms with Crippen LogP contribution in [0.25, 0.3) is 0 Å². The molecule has 0 bridgehead atoms. The molecule has 1 aliphatic carbocycles. The Balaban J connectivity index is 3.11. The molecule has 0 aliphatic heterocycles. The highest BCUT2D eigenvalue weighted by molar-refractivity contribution is 6.22. The molecule has 0 heterocycles. The van der Waals surface area contributed by atoms with Gasteiger partial charge < -0.3 is 10.8 Å². The number of hydrogen-bond donors (Lipinski definition) is 2. The van der Waals surface area contributed by atoms with E-state index >= 15 is 0 Å². The number of allylic oxidation sites excluding steroid dienone is 6. The minimum Gasteiger partial charge on any atom is -0.301 e. The summed E-state index contributed by atoms with van der Waals surface area (Å²) in [6.45, 7) is 7.32. The molecule has 0 saturated carbocycles. The van der Waals surface area contributed by atoms with Crippen LogP contribution in [0.5, 0.6) is 0 Å². The molecule has 0 saturated heterocycles. The lowest BCUT2D eigenvalue weighted by Gasteiger charge is -2.15. The molecule has 0 aromatic carbocycles. The van der Waals surface area contributed by atoms with E-state index in [1.54, 1.807) is 24.3 Å². The second-order valence-electron chi connectivity index (χ2n) is 3.10. The van der Waals surface area contributed by atoms with E-state index in [1.807, 2.05) is 0 Å². The lowest BCUT2D eigenvalue weighted by Crippen LogP contribution is -2.12. The lowest BCUT2D eigenvalue weighted by atomic mass is 9.90. The van der Waals surface area contributed by atoms with Gasteiger partial charge >= 0.3 is 0 Å². The van der Waals surface area contributed by atoms with E-state index in [0.29, 0.717) is 24.3 Å². The van der Waals surface area contributed by atoms with Gasteiger partial charge in [-0.2, -0.15) is 0 Å². The molecule has 72 valence electrons. The molecule has 0 amide bonds. The highest BCUT2D eigenvalue weighted by Crippen LogP contribution is 2.21. The summed E-state index contributed by atoms with van der Waals surface area (Å²) in [6.07, 6.45) is 8.14. The van der Waals surface area contributed by atoms with Crippen LogP contribution in [0.15, 0.2) is 48.6 Å². The van der Waals surface area contributed by atoms with Crippen molar-refractivity contribution in [2.45, 2.75) is 12.8 Å². The molecular weight excluding hydrogens is 172 g/mol. The largest absolute Gasteiger partial charge is 0.301 e. The van der Waals surface area contributed by atoms with E-state index in [2.05, 4.69) is 13.2 Å². The summed E-state index contributed by atoms with van der Waals surface area (Å²) in [4.78, 5) is 0. The van der Waals surface area contributed by atoms with Crippen molar-refractivity contribution in [1.82, 2.24) is 0 Å². The fourth-order valence-electron chi connectivity index (χ4n) is 1.45. The van der Waals surface area contributed by atoms with E-state index in [-0.39, 0.29) is 0 Å². The van der Waals surface area contributed by atoms with Gasteiger partial charge in [-0.25, -0.2) is 0 Å². The van der Waals surface area contributed by atoms with E-state index in [1.165, 1.54) is 0 Å². The second kappa shape index (κ2) is 4.51. The molecule has 0 unspecified atom stereocenters.